The van der Waals surface area contributed by atoms with E-state index < -0.39 is 11.7 Å². The third kappa shape index (κ3) is 3.05. The highest BCUT2D eigenvalue weighted by Crippen LogP contribution is 1.97. The van der Waals surface area contributed by atoms with Crippen LogP contribution in [0.4, 0.5) is 0 Å². The van der Waals surface area contributed by atoms with E-state index in [-0.39, 0.29) is 12.1 Å². The number of carbonyl (C=O) groups is 1. The SMILES string of the molecule is C=C(Cn1cccnc1=O)C(=O)OCC. The first kappa shape index (κ1) is 11.2. The van der Waals surface area contributed by atoms with Crippen molar-refractivity contribution in [3.8, 4) is 0 Å². The third-order valence-electron chi connectivity index (χ3n) is 1.71. The van der Waals surface area contributed by atoms with Crippen molar-refractivity contribution in [3.05, 3.63) is 41.1 Å². The lowest BCUT2D eigenvalue weighted by atomic mass is 10.3. The average Bonchev–Trinajstić information content (AvgIpc) is 2.21. The Hall–Kier alpha value is -1.91. The highest BCUT2D eigenvalue weighted by Gasteiger charge is 2.08. The van der Waals surface area contributed by atoms with Crippen LogP contribution in [0.1, 0.15) is 6.92 Å². The van der Waals surface area contributed by atoms with Crippen LogP contribution in [0.25, 0.3) is 0 Å². The van der Waals surface area contributed by atoms with Gasteiger partial charge >= 0.3 is 11.7 Å². The Kier molecular flexibility index (Phi) is 3.79. The summed E-state index contributed by atoms with van der Waals surface area (Å²) in [7, 11) is 0. The lowest BCUT2D eigenvalue weighted by Gasteiger charge is -2.06. The molecule has 0 spiro atoms. The number of aromatic nitrogens is 2. The first-order chi connectivity index (χ1) is 7.15. The van der Waals surface area contributed by atoms with Crippen LogP contribution in [0.5, 0.6) is 0 Å². The number of esters is 1. The molecule has 80 valence electrons. The molecule has 0 aliphatic heterocycles. The number of rotatable bonds is 4. The molecule has 1 rings (SSSR count). The molecule has 0 atom stereocenters. The summed E-state index contributed by atoms with van der Waals surface area (Å²) in [6.45, 7) is 5.65. The van der Waals surface area contributed by atoms with Gasteiger partial charge in [0.05, 0.1) is 13.2 Å². The molecule has 5 nitrogen and oxygen atoms in total. The van der Waals surface area contributed by atoms with Crippen molar-refractivity contribution in [1.29, 1.82) is 0 Å². The largest absolute Gasteiger partial charge is 0.463 e. The van der Waals surface area contributed by atoms with E-state index in [2.05, 4.69) is 11.6 Å². The quantitative estimate of drug-likeness (QED) is 0.529. The van der Waals surface area contributed by atoms with Gasteiger partial charge in [0, 0.05) is 18.0 Å². The zero-order chi connectivity index (χ0) is 11.3. The van der Waals surface area contributed by atoms with Crippen LogP contribution in [0.3, 0.4) is 0 Å². The van der Waals surface area contributed by atoms with Crippen LogP contribution in [-0.4, -0.2) is 22.1 Å². The highest BCUT2D eigenvalue weighted by atomic mass is 16.5. The van der Waals surface area contributed by atoms with Gasteiger partial charge in [-0.25, -0.2) is 14.6 Å². The monoisotopic (exact) mass is 208 g/mol. The zero-order valence-electron chi connectivity index (χ0n) is 8.47. The van der Waals surface area contributed by atoms with Crippen LogP contribution in [-0.2, 0) is 16.1 Å². The van der Waals surface area contributed by atoms with E-state index in [1.165, 1.54) is 10.8 Å². The van der Waals surface area contributed by atoms with Crippen molar-refractivity contribution in [2.24, 2.45) is 0 Å². The van der Waals surface area contributed by atoms with E-state index in [0.29, 0.717) is 6.61 Å². The van der Waals surface area contributed by atoms with E-state index in [1.807, 2.05) is 0 Å². The molecule has 15 heavy (non-hydrogen) atoms. The molecule has 0 fully saturated rings. The normalized spacial score (nSPS) is 9.67. The molecule has 0 aliphatic carbocycles. The minimum absolute atomic E-state index is 0.103. The predicted octanol–water partition coefficient (Wildman–Crippen LogP) is 0.363. The van der Waals surface area contributed by atoms with E-state index in [4.69, 9.17) is 4.74 Å². The second kappa shape index (κ2) is 5.09. The molecule has 1 aromatic rings. The van der Waals surface area contributed by atoms with Gasteiger partial charge in [-0.15, -0.1) is 0 Å². The van der Waals surface area contributed by atoms with Crippen LogP contribution < -0.4 is 5.69 Å². The molecule has 1 aromatic heterocycles. The maximum absolute atomic E-state index is 11.2. The zero-order valence-corrected chi connectivity index (χ0v) is 8.47. The Balaban J connectivity index is 2.71. The summed E-state index contributed by atoms with van der Waals surface area (Å²) in [5.74, 6) is -0.492. The molecule has 0 radical (unpaired) electrons. The van der Waals surface area contributed by atoms with Crippen molar-refractivity contribution in [1.82, 2.24) is 9.55 Å². The number of nitrogens with zero attached hydrogens (tertiary/aromatic N) is 2. The van der Waals surface area contributed by atoms with Gasteiger partial charge in [0.1, 0.15) is 0 Å². The number of ether oxygens (including phenoxy) is 1. The molecular weight excluding hydrogens is 196 g/mol. The lowest BCUT2D eigenvalue weighted by Crippen LogP contribution is -2.24. The fourth-order valence-electron chi connectivity index (χ4n) is 1.01. The molecule has 0 aromatic carbocycles. The predicted molar refractivity (Wildman–Crippen MR) is 54.3 cm³/mol. The Morgan fingerprint density at radius 1 is 1.67 bits per heavy atom. The van der Waals surface area contributed by atoms with E-state index in [1.54, 1.807) is 19.2 Å². The van der Waals surface area contributed by atoms with Gasteiger partial charge in [-0.1, -0.05) is 6.58 Å². The van der Waals surface area contributed by atoms with Gasteiger partial charge in [0.25, 0.3) is 0 Å². The number of hydrogen-bond acceptors (Lipinski definition) is 4. The van der Waals surface area contributed by atoms with Crippen molar-refractivity contribution in [2.45, 2.75) is 13.5 Å². The maximum Gasteiger partial charge on any atom is 0.347 e. The van der Waals surface area contributed by atoms with Crippen molar-refractivity contribution in [3.63, 3.8) is 0 Å². The molecule has 0 saturated heterocycles. The second-order valence-corrected chi connectivity index (χ2v) is 2.85. The Labute approximate surface area is 87.0 Å². The fraction of sp³-hybridized carbons (Fsp3) is 0.300. The topological polar surface area (TPSA) is 61.2 Å². The van der Waals surface area contributed by atoms with Gasteiger partial charge in [0.15, 0.2) is 0 Å². The van der Waals surface area contributed by atoms with E-state index in [0.717, 1.165) is 0 Å². The van der Waals surface area contributed by atoms with E-state index >= 15 is 0 Å². The molecular formula is C10H12N2O3. The van der Waals surface area contributed by atoms with Gasteiger partial charge in [-0.05, 0) is 13.0 Å². The van der Waals surface area contributed by atoms with Gasteiger partial charge in [-0.3, -0.25) is 4.57 Å². The van der Waals surface area contributed by atoms with Gasteiger partial charge < -0.3 is 4.74 Å². The maximum atomic E-state index is 11.2. The lowest BCUT2D eigenvalue weighted by molar-refractivity contribution is -0.138. The minimum atomic E-state index is -0.492. The summed E-state index contributed by atoms with van der Waals surface area (Å²) in [5, 5.41) is 0. The molecule has 0 bridgehead atoms. The van der Waals surface area contributed by atoms with Gasteiger partial charge in [-0.2, -0.15) is 0 Å². The van der Waals surface area contributed by atoms with E-state index in [9.17, 15) is 9.59 Å². The minimum Gasteiger partial charge on any atom is -0.463 e. The smallest absolute Gasteiger partial charge is 0.347 e. The fourth-order valence-corrected chi connectivity index (χ4v) is 1.01. The summed E-state index contributed by atoms with van der Waals surface area (Å²) >= 11 is 0. The summed E-state index contributed by atoms with van der Waals surface area (Å²) in [6, 6.07) is 1.61. The number of hydrogen-bond donors (Lipinski definition) is 0. The van der Waals surface area contributed by atoms with Crippen LogP contribution >= 0.6 is 0 Å². The second-order valence-electron chi connectivity index (χ2n) is 2.85. The first-order valence-corrected chi connectivity index (χ1v) is 4.51. The Morgan fingerprint density at radius 3 is 3.00 bits per heavy atom. The molecule has 5 heteroatoms. The van der Waals surface area contributed by atoms with Gasteiger partial charge in [0.2, 0.25) is 0 Å². The highest BCUT2D eigenvalue weighted by molar-refractivity contribution is 5.87. The Morgan fingerprint density at radius 2 is 2.40 bits per heavy atom. The standard InChI is InChI=1S/C10H12N2O3/c1-3-15-9(13)8(2)7-12-6-4-5-11-10(12)14/h4-6H,2-3,7H2,1H3. The van der Waals surface area contributed by atoms with Crippen LogP contribution in [0.2, 0.25) is 0 Å². The molecule has 0 saturated carbocycles. The molecule has 0 aliphatic rings. The van der Waals surface area contributed by atoms with Crippen LogP contribution in [0, 0.1) is 0 Å². The summed E-state index contributed by atoms with van der Waals surface area (Å²) in [4.78, 5) is 25.9. The van der Waals surface area contributed by atoms with Crippen LogP contribution in [0.15, 0.2) is 35.4 Å². The van der Waals surface area contributed by atoms with Crippen molar-refractivity contribution < 1.29 is 9.53 Å². The molecule has 1 heterocycles. The average molecular weight is 208 g/mol. The Bertz CT molecular complexity index is 423. The molecule has 0 N–H and O–H groups in total. The summed E-state index contributed by atoms with van der Waals surface area (Å²) in [6.07, 6.45) is 2.94. The third-order valence-corrected chi connectivity index (χ3v) is 1.71. The first-order valence-electron chi connectivity index (χ1n) is 4.51. The van der Waals surface area contributed by atoms with Crippen molar-refractivity contribution >= 4 is 5.97 Å². The van der Waals surface area contributed by atoms with Crippen molar-refractivity contribution in [2.75, 3.05) is 6.61 Å². The summed E-state index contributed by atoms with van der Waals surface area (Å²) in [5.41, 5.74) is -0.185. The number of carbonyl (C=O) groups excluding carboxylic acids is 1. The molecule has 0 unspecified atom stereocenters. The molecule has 0 amide bonds. The summed E-state index contributed by atoms with van der Waals surface area (Å²) < 4.78 is 6.03.